The molecule has 1 N–H and O–H groups in total. The van der Waals surface area contributed by atoms with E-state index in [9.17, 15) is 4.79 Å². The van der Waals surface area contributed by atoms with Crippen LogP contribution in [-0.2, 0) is 4.79 Å². The van der Waals surface area contributed by atoms with Crippen molar-refractivity contribution in [3.05, 3.63) is 0 Å². The van der Waals surface area contributed by atoms with Gasteiger partial charge in [-0.15, -0.1) is 0 Å². The lowest BCUT2D eigenvalue weighted by Gasteiger charge is -2.32. The van der Waals surface area contributed by atoms with E-state index in [1.165, 1.54) is 32.1 Å². The summed E-state index contributed by atoms with van der Waals surface area (Å²) in [4.78, 5) is 14.1. The molecule has 0 aliphatic carbocycles. The number of hydrogen-bond acceptors (Lipinski definition) is 2. The molecule has 92 valence electrons. The number of carbonyl (C=O) groups excluding carboxylic acids is 1. The highest BCUT2D eigenvalue weighted by molar-refractivity contribution is 5.77. The topological polar surface area (TPSA) is 32.3 Å². The van der Waals surface area contributed by atoms with Gasteiger partial charge < -0.3 is 10.2 Å². The van der Waals surface area contributed by atoms with Crippen LogP contribution in [0.2, 0.25) is 0 Å². The van der Waals surface area contributed by atoms with E-state index in [2.05, 4.69) is 17.1 Å². The minimum Gasteiger partial charge on any atom is -0.343 e. The van der Waals surface area contributed by atoms with Gasteiger partial charge in [0.15, 0.2) is 0 Å². The van der Waals surface area contributed by atoms with Crippen LogP contribution in [0.3, 0.4) is 0 Å². The molecule has 0 spiro atoms. The summed E-state index contributed by atoms with van der Waals surface area (Å²) < 4.78 is 0. The molecule has 1 atom stereocenters. The Bertz CT molecular complexity index is 228. The Kier molecular flexibility index (Phi) is 4.22. The van der Waals surface area contributed by atoms with Crippen LogP contribution in [0, 0.1) is 5.92 Å². The van der Waals surface area contributed by atoms with E-state index in [-0.39, 0.29) is 0 Å². The summed E-state index contributed by atoms with van der Waals surface area (Å²) in [7, 11) is 0. The van der Waals surface area contributed by atoms with Crippen LogP contribution in [0.1, 0.15) is 45.4 Å². The minimum atomic E-state index is 0.369. The molecule has 0 radical (unpaired) electrons. The molecule has 2 heterocycles. The first-order chi connectivity index (χ1) is 7.79. The lowest BCUT2D eigenvalue weighted by Crippen LogP contribution is -2.40. The maximum Gasteiger partial charge on any atom is 0.224 e. The van der Waals surface area contributed by atoms with E-state index in [4.69, 9.17) is 0 Å². The maximum absolute atomic E-state index is 12.0. The zero-order valence-corrected chi connectivity index (χ0v) is 10.4. The molecule has 0 saturated carbocycles. The van der Waals surface area contributed by atoms with Crippen LogP contribution < -0.4 is 5.32 Å². The first-order valence-electron chi connectivity index (χ1n) is 6.80. The second-order valence-electron chi connectivity index (χ2n) is 5.23. The molecule has 2 fully saturated rings. The van der Waals surface area contributed by atoms with Crippen molar-refractivity contribution in [2.45, 2.75) is 51.5 Å². The third-order valence-electron chi connectivity index (χ3n) is 4.13. The summed E-state index contributed by atoms with van der Waals surface area (Å²) in [6, 6.07) is 0.455. The Labute approximate surface area is 98.6 Å². The highest BCUT2D eigenvalue weighted by Crippen LogP contribution is 2.21. The van der Waals surface area contributed by atoms with Crippen LogP contribution in [0.25, 0.3) is 0 Å². The van der Waals surface area contributed by atoms with E-state index in [1.54, 1.807) is 0 Å². The SMILES string of the molecule is CCC1CCN(C(=O)CC2CCCN2)CC1. The maximum atomic E-state index is 12.0. The summed E-state index contributed by atoms with van der Waals surface area (Å²) in [6.07, 6.45) is 6.82. The molecule has 3 heteroatoms. The number of nitrogens with zero attached hydrogens (tertiary/aromatic N) is 1. The quantitative estimate of drug-likeness (QED) is 0.792. The molecule has 0 aromatic heterocycles. The monoisotopic (exact) mass is 224 g/mol. The van der Waals surface area contributed by atoms with Gasteiger partial charge in [-0.1, -0.05) is 13.3 Å². The van der Waals surface area contributed by atoms with Crippen molar-refractivity contribution in [2.24, 2.45) is 5.92 Å². The molecule has 2 aliphatic rings. The average molecular weight is 224 g/mol. The van der Waals surface area contributed by atoms with Crippen LogP contribution in [0.5, 0.6) is 0 Å². The highest BCUT2D eigenvalue weighted by atomic mass is 16.2. The van der Waals surface area contributed by atoms with Crippen LogP contribution in [-0.4, -0.2) is 36.5 Å². The molecular weight excluding hydrogens is 200 g/mol. The Balaban J connectivity index is 1.73. The van der Waals surface area contributed by atoms with Crippen molar-refractivity contribution in [3.8, 4) is 0 Å². The van der Waals surface area contributed by atoms with Gasteiger partial charge in [0.25, 0.3) is 0 Å². The number of likely N-dealkylation sites (tertiary alicyclic amines) is 1. The zero-order valence-electron chi connectivity index (χ0n) is 10.4. The highest BCUT2D eigenvalue weighted by Gasteiger charge is 2.24. The fraction of sp³-hybridized carbons (Fsp3) is 0.923. The van der Waals surface area contributed by atoms with Crippen molar-refractivity contribution >= 4 is 5.91 Å². The Hall–Kier alpha value is -0.570. The molecule has 1 amide bonds. The summed E-state index contributed by atoms with van der Waals surface area (Å²) in [5.41, 5.74) is 0. The molecule has 16 heavy (non-hydrogen) atoms. The van der Waals surface area contributed by atoms with Crippen LogP contribution >= 0.6 is 0 Å². The number of hydrogen-bond donors (Lipinski definition) is 1. The number of piperidine rings is 1. The normalized spacial score (nSPS) is 27.3. The standard InChI is InChI=1S/C13H24N2O/c1-2-11-5-8-15(9-6-11)13(16)10-12-4-3-7-14-12/h11-12,14H,2-10H2,1H3. The Morgan fingerprint density at radius 2 is 2.06 bits per heavy atom. The summed E-state index contributed by atoms with van der Waals surface area (Å²) in [5, 5.41) is 3.40. The van der Waals surface area contributed by atoms with Gasteiger partial charge in [0.1, 0.15) is 0 Å². The molecule has 0 bridgehead atoms. The van der Waals surface area contributed by atoms with Gasteiger partial charge in [-0.2, -0.15) is 0 Å². The predicted octanol–water partition coefficient (Wildman–Crippen LogP) is 1.78. The summed E-state index contributed by atoms with van der Waals surface area (Å²) in [5.74, 6) is 1.22. The lowest BCUT2D eigenvalue weighted by atomic mass is 9.94. The van der Waals surface area contributed by atoms with E-state index in [1.807, 2.05) is 0 Å². The molecule has 3 nitrogen and oxygen atoms in total. The van der Waals surface area contributed by atoms with E-state index in [0.717, 1.165) is 32.0 Å². The smallest absolute Gasteiger partial charge is 0.224 e. The predicted molar refractivity (Wildman–Crippen MR) is 65.2 cm³/mol. The van der Waals surface area contributed by atoms with Gasteiger partial charge in [0, 0.05) is 25.6 Å². The summed E-state index contributed by atoms with van der Waals surface area (Å²) >= 11 is 0. The minimum absolute atomic E-state index is 0.369. The third kappa shape index (κ3) is 2.97. The molecule has 0 aromatic carbocycles. The molecule has 2 saturated heterocycles. The second kappa shape index (κ2) is 5.67. The van der Waals surface area contributed by atoms with Crippen molar-refractivity contribution in [2.75, 3.05) is 19.6 Å². The van der Waals surface area contributed by atoms with Gasteiger partial charge >= 0.3 is 0 Å². The van der Waals surface area contributed by atoms with Gasteiger partial charge in [-0.05, 0) is 38.1 Å². The molecule has 2 aliphatic heterocycles. The molecule has 2 rings (SSSR count). The second-order valence-corrected chi connectivity index (χ2v) is 5.23. The van der Waals surface area contributed by atoms with E-state index in [0.29, 0.717) is 11.9 Å². The average Bonchev–Trinajstić information content (AvgIpc) is 2.82. The largest absolute Gasteiger partial charge is 0.343 e. The fourth-order valence-corrected chi connectivity index (χ4v) is 2.86. The van der Waals surface area contributed by atoms with E-state index < -0.39 is 0 Å². The van der Waals surface area contributed by atoms with Crippen molar-refractivity contribution in [1.29, 1.82) is 0 Å². The Morgan fingerprint density at radius 1 is 1.31 bits per heavy atom. The molecular formula is C13H24N2O. The van der Waals surface area contributed by atoms with Crippen molar-refractivity contribution < 1.29 is 4.79 Å². The zero-order chi connectivity index (χ0) is 11.4. The lowest BCUT2D eigenvalue weighted by molar-refractivity contribution is -0.133. The van der Waals surface area contributed by atoms with Gasteiger partial charge in [-0.25, -0.2) is 0 Å². The van der Waals surface area contributed by atoms with Crippen LogP contribution in [0.4, 0.5) is 0 Å². The molecule has 1 unspecified atom stereocenters. The first-order valence-corrected chi connectivity index (χ1v) is 6.80. The van der Waals surface area contributed by atoms with Crippen molar-refractivity contribution in [3.63, 3.8) is 0 Å². The third-order valence-corrected chi connectivity index (χ3v) is 4.13. The number of nitrogens with one attached hydrogen (secondary N) is 1. The van der Waals surface area contributed by atoms with Crippen molar-refractivity contribution in [1.82, 2.24) is 10.2 Å². The van der Waals surface area contributed by atoms with E-state index >= 15 is 0 Å². The molecule has 0 aromatic rings. The van der Waals surface area contributed by atoms with Gasteiger partial charge in [0.2, 0.25) is 5.91 Å². The van der Waals surface area contributed by atoms with Gasteiger partial charge in [-0.3, -0.25) is 4.79 Å². The number of rotatable bonds is 3. The van der Waals surface area contributed by atoms with Gasteiger partial charge in [0.05, 0.1) is 0 Å². The summed E-state index contributed by atoms with van der Waals surface area (Å²) in [6.45, 7) is 5.33. The number of carbonyl (C=O) groups is 1. The fourth-order valence-electron chi connectivity index (χ4n) is 2.86. The Morgan fingerprint density at radius 3 is 2.62 bits per heavy atom. The first kappa shape index (κ1) is 11.9. The number of amides is 1. The van der Waals surface area contributed by atoms with Crippen LogP contribution in [0.15, 0.2) is 0 Å².